The number of sulfonamides is 1. The van der Waals surface area contributed by atoms with Crippen molar-refractivity contribution >= 4 is 10.0 Å². The summed E-state index contributed by atoms with van der Waals surface area (Å²) in [6.45, 7) is 4.44. The lowest BCUT2D eigenvalue weighted by molar-refractivity contribution is 0.166. The highest BCUT2D eigenvalue weighted by atomic mass is 32.2. The van der Waals surface area contributed by atoms with Crippen molar-refractivity contribution in [2.24, 2.45) is 5.41 Å². The average Bonchev–Trinajstić information content (AvgIpc) is 2.42. The predicted molar refractivity (Wildman–Crippen MR) is 78.9 cm³/mol. The summed E-state index contributed by atoms with van der Waals surface area (Å²) in [5.41, 5.74) is 1.78. The minimum atomic E-state index is -3.49. The van der Waals surface area contributed by atoms with Crippen LogP contribution in [0.3, 0.4) is 0 Å². The first kappa shape index (κ1) is 15.5. The van der Waals surface area contributed by atoms with Crippen LogP contribution in [0.25, 0.3) is 0 Å². The van der Waals surface area contributed by atoms with Gasteiger partial charge in [-0.2, -0.15) is 0 Å². The second-order valence-electron chi connectivity index (χ2n) is 5.93. The summed E-state index contributed by atoms with van der Waals surface area (Å²) in [5.74, 6) is 0. The smallest absolute Gasteiger partial charge is 0.240 e. The van der Waals surface area contributed by atoms with E-state index in [0.717, 1.165) is 24.8 Å². The Bertz CT molecular complexity index is 577. The van der Waals surface area contributed by atoms with Crippen molar-refractivity contribution in [3.8, 4) is 0 Å². The van der Waals surface area contributed by atoms with Gasteiger partial charge in [-0.1, -0.05) is 26.3 Å². The molecule has 0 radical (unpaired) electrons. The van der Waals surface area contributed by atoms with E-state index in [1.165, 1.54) is 6.42 Å². The van der Waals surface area contributed by atoms with Crippen LogP contribution in [0, 0.1) is 5.41 Å². The lowest BCUT2D eigenvalue weighted by Crippen LogP contribution is -2.39. The van der Waals surface area contributed by atoms with Crippen molar-refractivity contribution in [2.45, 2.75) is 51.0 Å². The molecule has 1 saturated carbocycles. The highest BCUT2D eigenvalue weighted by molar-refractivity contribution is 7.89. The average molecular weight is 297 g/mol. The largest absolute Gasteiger partial charge is 0.392 e. The van der Waals surface area contributed by atoms with Crippen LogP contribution in [0.4, 0.5) is 0 Å². The second-order valence-corrected chi connectivity index (χ2v) is 7.70. The minimum absolute atomic E-state index is 0.107. The first-order valence-corrected chi connectivity index (χ1v) is 8.61. The Morgan fingerprint density at radius 1 is 1.30 bits per heavy atom. The van der Waals surface area contributed by atoms with Gasteiger partial charge in [0, 0.05) is 6.54 Å². The Morgan fingerprint density at radius 3 is 2.50 bits per heavy atom. The number of benzene rings is 1. The third-order valence-electron chi connectivity index (χ3n) is 4.29. The SMILES string of the molecule is CCc1ccc(S(=O)(=O)NCC2(C)CCC2)cc1CO. The zero-order valence-electron chi connectivity index (χ0n) is 12.1. The Balaban J connectivity index is 2.16. The lowest BCUT2D eigenvalue weighted by Gasteiger charge is -2.38. The Hall–Kier alpha value is -0.910. The van der Waals surface area contributed by atoms with Crippen molar-refractivity contribution < 1.29 is 13.5 Å². The van der Waals surface area contributed by atoms with Gasteiger partial charge in [0.2, 0.25) is 10.0 Å². The molecule has 0 spiro atoms. The Morgan fingerprint density at radius 2 is 2.00 bits per heavy atom. The zero-order chi connectivity index (χ0) is 14.8. The molecule has 0 aliphatic heterocycles. The molecule has 1 aliphatic carbocycles. The highest BCUT2D eigenvalue weighted by Gasteiger charge is 2.33. The van der Waals surface area contributed by atoms with Crippen LogP contribution >= 0.6 is 0 Å². The molecule has 0 saturated heterocycles. The fourth-order valence-electron chi connectivity index (χ4n) is 2.57. The summed E-state index contributed by atoms with van der Waals surface area (Å²) >= 11 is 0. The number of aliphatic hydroxyl groups is 1. The molecule has 0 bridgehead atoms. The number of hydrogen-bond acceptors (Lipinski definition) is 3. The van der Waals surface area contributed by atoms with E-state index >= 15 is 0 Å². The van der Waals surface area contributed by atoms with Crippen LogP contribution in [0.5, 0.6) is 0 Å². The van der Waals surface area contributed by atoms with Crippen molar-refractivity contribution in [3.05, 3.63) is 29.3 Å². The van der Waals surface area contributed by atoms with Crippen LogP contribution in [-0.2, 0) is 23.1 Å². The molecule has 20 heavy (non-hydrogen) atoms. The fraction of sp³-hybridized carbons (Fsp3) is 0.600. The molecule has 0 amide bonds. The summed E-state index contributed by atoms with van der Waals surface area (Å²) in [6.07, 6.45) is 4.11. The standard InChI is InChI=1S/C15H23NO3S/c1-3-12-5-6-14(9-13(12)10-17)20(18,19)16-11-15(2)7-4-8-15/h5-6,9,16-17H,3-4,7-8,10-11H2,1-2H3. The van der Waals surface area contributed by atoms with E-state index in [0.29, 0.717) is 12.1 Å². The summed E-state index contributed by atoms with van der Waals surface area (Å²) in [5, 5.41) is 9.33. The first-order valence-electron chi connectivity index (χ1n) is 7.12. The maximum Gasteiger partial charge on any atom is 0.240 e. The van der Waals surface area contributed by atoms with E-state index in [9.17, 15) is 13.5 Å². The van der Waals surface area contributed by atoms with Gasteiger partial charge in [0.1, 0.15) is 0 Å². The number of aliphatic hydroxyl groups excluding tert-OH is 1. The zero-order valence-corrected chi connectivity index (χ0v) is 13.0. The predicted octanol–water partition coefficient (Wildman–Crippen LogP) is 2.21. The van der Waals surface area contributed by atoms with Gasteiger partial charge in [-0.25, -0.2) is 13.1 Å². The highest BCUT2D eigenvalue weighted by Crippen LogP contribution is 2.39. The number of rotatable bonds is 6. The van der Waals surface area contributed by atoms with Gasteiger partial charge in [0.25, 0.3) is 0 Å². The van der Waals surface area contributed by atoms with Crippen LogP contribution in [0.2, 0.25) is 0 Å². The molecular weight excluding hydrogens is 274 g/mol. The summed E-state index contributed by atoms with van der Waals surface area (Å²) in [4.78, 5) is 0.238. The molecule has 1 fully saturated rings. The van der Waals surface area contributed by atoms with E-state index in [-0.39, 0.29) is 16.9 Å². The number of hydrogen-bond donors (Lipinski definition) is 2. The van der Waals surface area contributed by atoms with Gasteiger partial charge in [0.05, 0.1) is 11.5 Å². The third-order valence-corrected chi connectivity index (χ3v) is 5.69. The van der Waals surface area contributed by atoms with E-state index < -0.39 is 10.0 Å². The Kier molecular flexibility index (Phi) is 4.52. The van der Waals surface area contributed by atoms with Crippen molar-refractivity contribution in [2.75, 3.05) is 6.54 Å². The molecule has 0 aromatic heterocycles. The number of nitrogens with one attached hydrogen (secondary N) is 1. The molecule has 0 heterocycles. The molecule has 1 aliphatic rings. The monoisotopic (exact) mass is 297 g/mol. The maximum atomic E-state index is 12.3. The van der Waals surface area contributed by atoms with Crippen molar-refractivity contribution in [1.29, 1.82) is 0 Å². The number of aryl methyl sites for hydroxylation is 1. The molecule has 0 unspecified atom stereocenters. The van der Waals surface area contributed by atoms with Gasteiger partial charge in [0.15, 0.2) is 0 Å². The summed E-state index contributed by atoms with van der Waals surface area (Å²) in [7, 11) is -3.49. The van der Waals surface area contributed by atoms with Gasteiger partial charge < -0.3 is 5.11 Å². The molecule has 0 atom stereocenters. The molecule has 2 rings (SSSR count). The summed E-state index contributed by atoms with van der Waals surface area (Å²) < 4.78 is 27.3. The van der Waals surface area contributed by atoms with Crippen LogP contribution in [0.15, 0.2) is 23.1 Å². The second kappa shape index (κ2) is 5.84. The van der Waals surface area contributed by atoms with Gasteiger partial charge in [-0.05, 0) is 47.9 Å². The van der Waals surface area contributed by atoms with E-state index in [4.69, 9.17) is 0 Å². The fourth-order valence-corrected chi connectivity index (χ4v) is 3.82. The van der Waals surface area contributed by atoms with Gasteiger partial charge in [-0.3, -0.25) is 0 Å². The molecule has 4 nitrogen and oxygen atoms in total. The third kappa shape index (κ3) is 3.22. The van der Waals surface area contributed by atoms with Crippen molar-refractivity contribution in [1.82, 2.24) is 4.72 Å². The van der Waals surface area contributed by atoms with E-state index in [2.05, 4.69) is 11.6 Å². The van der Waals surface area contributed by atoms with E-state index in [1.807, 2.05) is 6.92 Å². The summed E-state index contributed by atoms with van der Waals surface area (Å²) in [6, 6.07) is 4.97. The molecule has 2 N–H and O–H groups in total. The quantitative estimate of drug-likeness (QED) is 0.846. The topological polar surface area (TPSA) is 66.4 Å². The van der Waals surface area contributed by atoms with Crippen LogP contribution < -0.4 is 4.72 Å². The molecular formula is C15H23NO3S. The molecule has 5 heteroatoms. The van der Waals surface area contributed by atoms with Crippen LogP contribution in [-0.4, -0.2) is 20.1 Å². The lowest BCUT2D eigenvalue weighted by atomic mass is 9.71. The molecule has 1 aromatic carbocycles. The van der Waals surface area contributed by atoms with Gasteiger partial charge in [-0.15, -0.1) is 0 Å². The molecule has 112 valence electrons. The molecule has 1 aromatic rings. The van der Waals surface area contributed by atoms with E-state index in [1.54, 1.807) is 18.2 Å². The minimum Gasteiger partial charge on any atom is -0.392 e. The Labute approximate surface area is 121 Å². The normalized spacial score (nSPS) is 17.8. The first-order chi connectivity index (χ1) is 9.40. The maximum absolute atomic E-state index is 12.3. The van der Waals surface area contributed by atoms with Crippen LogP contribution in [0.1, 0.15) is 44.2 Å². The van der Waals surface area contributed by atoms with Crippen molar-refractivity contribution in [3.63, 3.8) is 0 Å². The van der Waals surface area contributed by atoms with Gasteiger partial charge >= 0.3 is 0 Å².